The number of carboxylic acids is 2. The highest BCUT2D eigenvalue weighted by Gasteiger charge is 2.70. The van der Waals surface area contributed by atoms with Crippen molar-refractivity contribution < 1.29 is 98.6 Å². The smallest absolute Gasteiger partial charge is 0.335 e. The maximum atomic E-state index is 13.3. The normalized spacial score (nSPS) is 52.8. The minimum absolute atomic E-state index is 0.0147. The predicted molar refractivity (Wildman–Crippen MR) is 236 cm³/mol. The van der Waals surface area contributed by atoms with E-state index in [2.05, 4.69) is 40.7 Å². The number of carboxylic acid groups (broad SMARTS) is 2. The van der Waals surface area contributed by atoms with Crippen molar-refractivity contribution >= 4 is 17.9 Å². The van der Waals surface area contributed by atoms with Gasteiger partial charge in [-0.05, 0) is 117 Å². The Kier molecular flexibility index (Phi) is 14.2. The van der Waals surface area contributed by atoms with Crippen LogP contribution in [-0.2, 0) is 47.5 Å². The van der Waals surface area contributed by atoms with Crippen molar-refractivity contribution in [2.45, 2.75) is 211 Å². The van der Waals surface area contributed by atoms with Gasteiger partial charge in [0.2, 0.25) is 0 Å². The van der Waals surface area contributed by atoms with E-state index in [9.17, 15) is 65.4 Å². The topological polar surface area (TPSA) is 318 Å². The van der Waals surface area contributed by atoms with Crippen molar-refractivity contribution in [3.63, 3.8) is 0 Å². The number of aliphatic carboxylic acids is 2. The fourth-order valence-corrected chi connectivity index (χ4v) is 15.3. The molecule has 0 unspecified atom stereocenters. The first-order valence-electron chi connectivity index (χ1n) is 24.7. The summed E-state index contributed by atoms with van der Waals surface area (Å²) in [5.41, 5.74) is -2.21. The van der Waals surface area contributed by atoms with Crippen LogP contribution in [0.2, 0.25) is 0 Å². The number of aliphatic hydroxyl groups is 8. The Bertz CT molecular complexity index is 1980. The van der Waals surface area contributed by atoms with Crippen LogP contribution in [0.1, 0.15) is 113 Å². The van der Waals surface area contributed by atoms with E-state index in [-0.39, 0.29) is 40.0 Å². The predicted octanol–water partition coefficient (Wildman–Crippen LogP) is 0.979. The first-order valence-corrected chi connectivity index (χ1v) is 24.7. The highest BCUT2D eigenvalue weighted by atomic mass is 16.8. The van der Waals surface area contributed by atoms with Crippen LogP contribution in [0.25, 0.3) is 0 Å². The number of fused-ring (bicyclic) bond motifs is 7. The second-order valence-corrected chi connectivity index (χ2v) is 23.4. The van der Waals surface area contributed by atoms with E-state index in [0.717, 1.165) is 18.4 Å². The zero-order valence-electron chi connectivity index (χ0n) is 40.9. The average molecular weight is 985 g/mol. The summed E-state index contributed by atoms with van der Waals surface area (Å²) in [6.07, 6.45) is -19.0. The lowest BCUT2D eigenvalue weighted by Crippen LogP contribution is -2.68. The molecule has 0 amide bonds. The maximum absolute atomic E-state index is 13.3. The SMILES string of the molecule is COC(=O)[C@@]1(C)CC[C@]2(C(=O)O)CC[C@]3(C)C(=CC[C@@H]4[C@@]5(C)CC[C@H](O[C@@H]6O[C@H](C(=O)O)[C@@H](O)[C@H](O[C@@H]7O[C@@H](C)[C@H](O)[C@@H](O)[C@H]7O)[C@H]6O[C@@H]6O[C@H](CO)[C@@H](O)[C@H](O)[C@H]6O)C(C)(C)[C@@H]5CC[C@]43C)[C@@H]2C1. The van der Waals surface area contributed by atoms with Gasteiger partial charge in [0.25, 0.3) is 0 Å². The molecule has 20 nitrogen and oxygen atoms in total. The summed E-state index contributed by atoms with van der Waals surface area (Å²) in [6, 6.07) is 0. The van der Waals surface area contributed by atoms with Crippen LogP contribution in [-0.4, -0.2) is 181 Å². The number of esters is 1. The number of carbonyl (C=O) groups excluding carboxylic acids is 1. The summed E-state index contributed by atoms with van der Waals surface area (Å²) in [7, 11) is 1.38. The minimum Gasteiger partial charge on any atom is -0.481 e. The van der Waals surface area contributed by atoms with E-state index in [1.54, 1.807) is 0 Å². The molecule has 0 spiro atoms. The Morgan fingerprint density at radius 1 is 0.681 bits per heavy atom. The standard InChI is InChI=1S/C49H76O20/c1-21-28(51)30(53)32(55)39(64-21)67-35-34(57)36(38(58)59)68-41(37(35)69-40-33(56)31(54)29(52)24(20-50)65-40)66-27-12-13-46(5)25(44(27,2)3)11-14-48(7)26(46)10-9-22-23-19-45(4,43(62)63-8)15-17-49(23,42(60)61)18-16-47(22,48)6/h9,21,23-37,39-41,50-57H,10-20H2,1-8H3,(H,58,59)(H,60,61)/t21-,23-,24+,25-,26+,27-,28-,29+,30+,31-,32+,33+,34-,35-,36-,37+,39-,40-,41+,45-,46-,47+,48+,49-/m0/s1. The number of hydrogen-bond acceptors (Lipinski definition) is 18. The largest absolute Gasteiger partial charge is 0.481 e. The molecule has 0 aromatic carbocycles. The number of hydrogen-bond donors (Lipinski definition) is 10. The highest BCUT2D eigenvalue weighted by molar-refractivity contribution is 5.80. The molecule has 3 heterocycles. The van der Waals surface area contributed by atoms with Crippen LogP contribution < -0.4 is 0 Å². The quantitative estimate of drug-likeness (QED) is 0.0829. The van der Waals surface area contributed by atoms with E-state index in [1.165, 1.54) is 14.0 Å². The fourth-order valence-electron chi connectivity index (χ4n) is 15.3. The van der Waals surface area contributed by atoms with Gasteiger partial charge in [0, 0.05) is 0 Å². The van der Waals surface area contributed by atoms with Crippen LogP contribution in [0.15, 0.2) is 11.6 Å². The van der Waals surface area contributed by atoms with Crippen molar-refractivity contribution in [3.05, 3.63) is 11.6 Å². The second-order valence-electron chi connectivity index (χ2n) is 23.4. The molecule has 0 aromatic heterocycles. The molecule has 24 atom stereocenters. The Balaban J connectivity index is 1.11. The van der Waals surface area contributed by atoms with Crippen LogP contribution in [0.3, 0.4) is 0 Å². The number of aliphatic hydroxyl groups excluding tert-OH is 8. The molecule has 3 aliphatic heterocycles. The third kappa shape index (κ3) is 8.13. The van der Waals surface area contributed by atoms with Gasteiger partial charge in [0.15, 0.2) is 25.0 Å². The highest BCUT2D eigenvalue weighted by Crippen LogP contribution is 2.76. The van der Waals surface area contributed by atoms with Gasteiger partial charge in [-0.2, -0.15) is 0 Å². The Hall–Kier alpha value is -2.41. The molecule has 10 N–H and O–H groups in total. The molecule has 69 heavy (non-hydrogen) atoms. The third-order valence-corrected chi connectivity index (χ3v) is 19.8. The van der Waals surface area contributed by atoms with Gasteiger partial charge < -0.3 is 84.2 Å². The van der Waals surface area contributed by atoms with Crippen LogP contribution in [0.5, 0.6) is 0 Å². The number of rotatable bonds is 10. The minimum atomic E-state index is -2.08. The van der Waals surface area contributed by atoms with E-state index in [0.29, 0.717) is 51.4 Å². The van der Waals surface area contributed by atoms with Crippen molar-refractivity contribution in [1.29, 1.82) is 0 Å². The summed E-state index contributed by atoms with van der Waals surface area (Å²) in [4.78, 5) is 39.3. The molecule has 8 rings (SSSR count). The fraction of sp³-hybridized carbons (Fsp3) is 0.898. The summed E-state index contributed by atoms with van der Waals surface area (Å²) in [5.74, 6) is -2.92. The molecular formula is C49H76O20. The lowest BCUT2D eigenvalue weighted by molar-refractivity contribution is -0.395. The third-order valence-electron chi connectivity index (χ3n) is 19.8. The van der Waals surface area contributed by atoms with Crippen LogP contribution in [0.4, 0.5) is 0 Å². The summed E-state index contributed by atoms with van der Waals surface area (Å²) >= 11 is 0. The molecule has 4 saturated carbocycles. The number of allylic oxidation sites excluding steroid dienone is 2. The Labute approximate surface area is 402 Å². The molecule has 0 radical (unpaired) electrons. The van der Waals surface area contributed by atoms with Gasteiger partial charge in [-0.3, -0.25) is 9.59 Å². The van der Waals surface area contributed by atoms with E-state index in [4.69, 9.17) is 33.2 Å². The average Bonchev–Trinajstić information content (AvgIpc) is 3.29. The van der Waals surface area contributed by atoms with E-state index in [1.807, 2.05) is 6.92 Å². The summed E-state index contributed by atoms with van der Waals surface area (Å²) in [6.45, 7) is 13.6. The first kappa shape index (κ1) is 52.9. The van der Waals surface area contributed by atoms with E-state index < -0.39 is 133 Å². The van der Waals surface area contributed by atoms with Crippen LogP contribution >= 0.6 is 0 Å². The van der Waals surface area contributed by atoms with E-state index >= 15 is 0 Å². The molecule has 8 aliphatic rings. The number of methoxy groups -OCH3 is 1. The van der Waals surface area contributed by atoms with Crippen LogP contribution in [0, 0.1) is 50.2 Å². The van der Waals surface area contributed by atoms with Crippen molar-refractivity contribution in [2.24, 2.45) is 50.2 Å². The molecular weight excluding hydrogens is 909 g/mol. The Morgan fingerprint density at radius 2 is 1.30 bits per heavy atom. The zero-order valence-corrected chi connectivity index (χ0v) is 40.9. The first-order chi connectivity index (χ1) is 32.2. The van der Waals surface area contributed by atoms with Gasteiger partial charge in [-0.25, -0.2) is 4.79 Å². The molecule has 0 bridgehead atoms. The van der Waals surface area contributed by atoms with Crippen molar-refractivity contribution in [1.82, 2.24) is 0 Å². The second kappa shape index (κ2) is 18.5. The molecule has 5 aliphatic carbocycles. The number of ether oxygens (including phenoxy) is 7. The monoisotopic (exact) mass is 984 g/mol. The van der Waals surface area contributed by atoms with Gasteiger partial charge in [-0.15, -0.1) is 0 Å². The molecule has 3 saturated heterocycles. The summed E-state index contributed by atoms with van der Waals surface area (Å²) < 4.78 is 41.9. The van der Waals surface area contributed by atoms with Gasteiger partial charge in [0.05, 0.1) is 36.8 Å². The lowest BCUT2D eigenvalue weighted by Gasteiger charge is -2.71. The van der Waals surface area contributed by atoms with Crippen molar-refractivity contribution in [2.75, 3.05) is 13.7 Å². The van der Waals surface area contributed by atoms with Gasteiger partial charge in [-0.1, -0.05) is 46.3 Å². The van der Waals surface area contributed by atoms with Crippen molar-refractivity contribution in [3.8, 4) is 0 Å². The zero-order chi connectivity index (χ0) is 50.7. The van der Waals surface area contributed by atoms with Gasteiger partial charge in [0.1, 0.15) is 61.0 Å². The maximum Gasteiger partial charge on any atom is 0.335 e. The molecule has 0 aromatic rings. The van der Waals surface area contributed by atoms with Gasteiger partial charge >= 0.3 is 17.9 Å². The molecule has 392 valence electrons. The molecule has 20 heteroatoms. The molecule has 7 fully saturated rings. The lowest BCUT2D eigenvalue weighted by atomic mass is 9.33. The number of carbonyl (C=O) groups is 3. The Morgan fingerprint density at radius 3 is 1.93 bits per heavy atom. The summed E-state index contributed by atoms with van der Waals surface area (Å²) in [5, 5.41) is 107.